The van der Waals surface area contributed by atoms with Crippen LogP contribution in [0.4, 0.5) is 0 Å². The number of hydrogen-bond acceptors (Lipinski definition) is 4. The van der Waals surface area contributed by atoms with E-state index < -0.39 is 0 Å². The van der Waals surface area contributed by atoms with E-state index in [0.717, 1.165) is 35.5 Å². The van der Waals surface area contributed by atoms with Gasteiger partial charge in [0, 0.05) is 18.8 Å². The van der Waals surface area contributed by atoms with E-state index in [0.29, 0.717) is 13.2 Å². The van der Waals surface area contributed by atoms with Crippen LogP contribution in [0.15, 0.2) is 36.7 Å². The van der Waals surface area contributed by atoms with Crippen LogP contribution < -0.4 is 15.2 Å². The smallest absolute Gasteiger partial charge is 0.161 e. The highest BCUT2D eigenvalue weighted by Gasteiger charge is 2.16. The van der Waals surface area contributed by atoms with E-state index in [4.69, 9.17) is 15.2 Å². The van der Waals surface area contributed by atoms with Gasteiger partial charge in [-0.3, -0.25) is 4.98 Å². The first-order valence-corrected chi connectivity index (χ1v) is 7.37. The zero-order chi connectivity index (χ0) is 14.7. The minimum Gasteiger partial charge on any atom is -0.490 e. The summed E-state index contributed by atoms with van der Waals surface area (Å²) in [5.74, 6) is 1.58. The number of pyridine rings is 1. The van der Waals surface area contributed by atoms with Crippen molar-refractivity contribution in [3.8, 4) is 11.5 Å². The van der Waals surface area contributed by atoms with Gasteiger partial charge in [0.25, 0.3) is 0 Å². The summed E-state index contributed by atoms with van der Waals surface area (Å²) in [5, 5.41) is 0. The summed E-state index contributed by atoms with van der Waals surface area (Å²) in [6, 6.07) is 7.76. The monoisotopic (exact) mass is 284 g/mol. The van der Waals surface area contributed by atoms with Crippen molar-refractivity contribution in [3.63, 3.8) is 0 Å². The minimum atomic E-state index is -0.180. The maximum Gasteiger partial charge on any atom is 0.161 e. The lowest BCUT2D eigenvalue weighted by molar-refractivity contribution is 0.297. The molecule has 110 valence electrons. The molecule has 0 fully saturated rings. The first kappa shape index (κ1) is 13.9. The van der Waals surface area contributed by atoms with Crippen molar-refractivity contribution < 1.29 is 9.47 Å². The summed E-state index contributed by atoms with van der Waals surface area (Å²) in [6.07, 6.45) is 5.50. The lowest BCUT2D eigenvalue weighted by Gasteiger charge is -2.17. The Labute approximate surface area is 124 Å². The van der Waals surface area contributed by atoms with Gasteiger partial charge < -0.3 is 15.2 Å². The standard InChI is InChI=1S/C17H20N2O2/c1-2-12-11-19-7-6-14(12)17(18)13-4-5-15-16(10-13)21-9-3-8-20-15/h4-7,10-11,17H,2-3,8-9,18H2,1H3. The summed E-state index contributed by atoms with van der Waals surface area (Å²) < 4.78 is 11.4. The number of fused-ring (bicyclic) bond motifs is 1. The molecule has 0 amide bonds. The van der Waals surface area contributed by atoms with Crippen LogP contribution in [0.25, 0.3) is 0 Å². The number of aromatic nitrogens is 1. The van der Waals surface area contributed by atoms with Gasteiger partial charge in [0.2, 0.25) is 0 Å². The lowest BCUT2D eigenvalue weighted by atomic mass is 9.95. The molecule has 0 bridgehead atoms. The number of nitrogens with zero attached hydrogens (tertiary/aromatic N) is 1. The molecule has 0 saturated carbocycles. The maximum absolute atomic E-state index is 6.44. The van der Waals surface area contributed by atoms with Crippen LogP contribution in [0.3, 0.4) is 0 Å². The number of rotatable bonds is 3. The molecule has 1 aliphatic heterocycles. The van der Waals surface area contributed by atoms with Gasteiger partial charge >= 0.3 is 0 Å². The third-order valence-electron chi connectivity index (χ3n) is 3.79. The Balaban J connectivity index is 1.94. The molecule has 1 unspecified atom stereocenters. The van der Waals surface area contributed by atoms with Gasteiger partial charge in [0.1, 0.15) is 0 Å². The van der Waals surface area contributed by atoms with Crippen LogP contribution in [-0.4, -0.2) is 18.2 Å². The SMILES string of the molecule is CCc1cnccc1C(N)c1ccc2c(c1)OCCCO2. The third kappa shape index (κ3) is 2.85. The van der Waals surface area contributed by atoms with Crippen molar-refractivity contribution >= 4 is 0 Å². The average molecular weight is 284 g/mol. The molecule has 0 aliphatic carbocycles. The van der Waals surface area contributed by atoms with Gasteiger partial charge in [-0.2, -0.15) is 0 Å². The van der Waals surface area contributed by atoms with Crippen molar-refractivity contribution in [2.75, 3.05) is 13.2 Å². The second-order valence-electron chi connectivity index (χ2n) is 5.16. The Morgan fingerprint density at radius 2 is 2.00 bits per heavy atom. The number of hydrogen-bond donors (Lipinski definition) is 1. The van der Waals surface area contributed by atoms with Crippen molar-refractivity contribution in [2.24, 2.45) is 5.73 Å². The molecular formula is C17H20N2O2. The second kappa shape index (κ2) is 6.14. The summed E-state index contributed by atoms with van der Waals surface area (Å²) in [6.45, 7) is 3.49. The van der Waals surface area contributed by atoms with Gasteiger partial charge in [-0.25, -0.2) is 0 Å². The quantitative estimate of drug-likeness (QED) is 0.941. The molecular weight excluding hydrogens is 264 g/mol. The molecule has 3 rings (SSSR count). The zero-order valence-corrected chi connectivity index (χ0v) is 12.2. The van der Waals surface area contributed by atoms with E-state index in [1.807, 2.05) is 30.5 Å². The molecule has 4 heteroatoms. The molecule has 21 heavy (non-hydrogen) atoms. The largest absolute Gasteiger partial charge is 0.490 e. The molecule has 2 N–H and O–H groups in total. The van der Waals surface area contributed by atoms with E-state index in [2.05, 4.69) is 11.9 Å². The Hall–Kier alpha value is -2.07. The van der Waals surface area contributed by atoms with Crippen molar-refractivity contribution in [3.05, 3.63) is 53.3 Å². The average Bonchev–Trinajstić information content (AvgIpc) is 2.78. The van der Waals surface area contributed by atoms with E-state index in [-0.39, 0.29) is 6.04 Å². The highest BCUT2D eigenvalue weighted by Crippen LogP contribution is 2.33. The molecule has 1 aromatic carbocycles. The summed E-state index contributed by atoms with van der Waals surface area (Å²) in [4.78, 5) is 4.17. The Bertz CT molecular complexity index is 628. The number of ether oxygens (including phenoxy) is 2. The predicted molar refractivity (Wildman–Crippen MR) is 81.7 cm³/mol. The molecule has 0 spiro atoms. The number of aryl methyl sites for hydroxylation is 1. The van der Waals surface area contributed by atoms with Crippen LogP contribution in [0.5, 0.6) is 11.5 Å². The number of benzene rings is 1. The third-order valence-corrected chi connectivity index (χ3v) is 3.79. The topological polar surface area (TPSA) is 57.4 Å². The van der Waals surface area contributed by atoms with Crippen LogP contribution in [0.2, 0.25) is 0 Å². The van der Waals surface area contributed by atoms with Crippen LogP contribution in [0.1, 0.15) is 36.1 Å². The maximum atomic E-state index is 6.44. The van der Waals surface area contributed by atoms with E-state index >= 15 is 0 Å². The van der Waals surface area contributed by atoms with Crippen LogP contribution in [0, 0.1) is 0 Å². The summed E-state index contributed by atoms with van der Waals surface area (Å²) in [7, 11) is 0. The van der Waals surface area contributed by atoms with Gasteiger partial charge in [0.05, 0.1) is 19.3 Å². The number of nitrogens with two attached hydrogens (primary N) is 1. The summed E-state index contributed by atoms with van der Waals surface area (Å²) >= 11 is 0. The second-order valence-corrected chi connectivity index (χ2v) is 5.16. The molecule has 2 aromatic rings. The van der Waals surface area contributed by atoms with Crippen molar-refractivity contribution in [1.82, 2.24) is 4.98 Å². The zero-order valence-electron chi connectivity index (χ0n) is 12.2. The fourth-order valence-corrected chi connectivity index (χ4v) is 2.59. The lowest BCUT2D eigenvalue weighted by Crippen LogP contribution is -2.14. The van der Waals surface area contributed by atoms with E-state index in [1.165, 1.54) is 5.56 Å². The van der Waals surface area contributed by atoms with E-state index in [1.54, 1.807) is 6.20 Å². The Morgan fingerprint density at radius 1 is 1.19 bits per heavy atom. The Kier molecular flexibility index (Phi) is 4.06. The molecule has 1 aromatic heterocycles. The van der Waals surface area contributed by atoms with Crippen LogP contribution in [-0.2, 0) is 6.42 Å². The van der Waals surface area contributed by atoms with Gasteiger partial charge in [0.15, 0.2) is 11.5 Å². The van der Waals surface area contributed by atoms with Crippen molar-refractivity contribution in [2.45, 2.75) is 25.8 Å². The molecule has 1 aliphatic rings. The van der Waals surface area contributed by atoms with E-state index in [9.17, 15) is 0 Å². The van der Waals surface area contributed by atoms with Gasteiger partial charge in [-0.1, -0.05) is 13.0 Å². The fourth-order valence-electron chi connectivity index (χ4n) is 2.59. The molecule has 0 radical (unpaired) electrons. The highest BCUT2D eigenvalue weighted by molar-refractivity contribution is 5.46. The van der Waals surface area contributed by atoms with Gasteiger partial charge in [-0.15, -0.1) is 0 Å². The molecule has 4 nitrogen and oxygen atoms in total. The predicted octanol–water partition coefficient (Wildman–Crippen LogP) is 2.85. The van der Waals surface area contributed by atoms with Gasteiger partial charge in [-0.05, 0) is 41.3 Å². The molecule has 2 heterocycles. The van der Waals surface area contributed by atoms with Crippen molar-refractivity contribution in [1.29, 1.82) is 0 Å². The summed E-state index contributed by atoms with van der Waals surface area (Å²) in [5.41, 5.74) is 9.76. The Morgan fingerprint density at radius 3 is 2.81 bits per heavy atom. The first-order chi connectivity index (χ1) is 10.3. The van der Waals surface area contributed by atoms with Crippen LogP contribution >= 0.6 is 0 Å². The first-order valence-electron chi connectivity index (χ1n) is 7.37. The fraction of sp³-hybridized carbons (Fsp3) is 0.353. The molecule has 0 saturated heterocycles. The minimum absolute atomic E-state index is 0.180. The highest BCUT2D eigenvalue weighted by atomic mass is 16.5. The normalized spacial score (nSPS) is 15.3. The molecule has 1 atom stereocenters.